The number of aryl methyl sites for hydroxylation is 2. The summed E-state index contributed by atoms with van der Waals surface area (Å²) >= 11 is 0. The topological polar surface area (TPSA) is 39.1 Å². The largest absolute Gasteiger partial charge is 0.312 e. The lowest BCUT2D eigenvalue weighted by atomic mass is 10.1. The Hall–Kier alpha value is -1.38. The number of nitrogens with zero attached hydrogens (tertiary/aromatic N) is 1. The number of aromatic nitrogens is 1. The Labute approximate surface area is 96.1 Å². The molecule has 0 radical (unpaired) electrons. The molecule has 0 aromatic carbocycles. The van der Waals surface area contributed by atoms with E-state index in [1.165, 1.54) is 0 Å². The summed E-state index contributed by atoms with van der Waals surface area (Å²) in [6, 6.07) is 1.89. The molecule has 0 spiro atoms. The summed E-state index contributed by atoms with van der Waals surface area (Å²) in [5, 5.41) is 0. The first-order valence-electron chi connectivity index (χ1n) is 5.63. The summed E-state index contributed by atoms with van der Waals surface area (Å²) in [5.41, 5.74) is 1.81. The average molecular weight is 221 g/mol. The Bertz CT molecular complexity index is 444. The quantitative estimate of drug-likeness (QED) is 0.732. The van der Waals surface area contributed by atoms with Gasteiger partial charge in [0.25, 0.3) is 5.56 Å². The molecule has 0 unspecified atom stereocenters. The van der Waals surface area contributed by atoms with Crippen LogP contribution in [0.5, 0.6) is 0 Å². The third kappa shape index (κ3) is 2.60. The Morgan fingerprint density at radius 3 is 2.50 bits per heavy atom. The molecule has 0 bridgehead atoms. The number of aldehydes is 1. The van der Waals surface area contributed by atoms with Gasteiger partial charge < -0.3 is 4.57 Å². The molecule has 0 atom stereocenters. The van der Waals surface area contributed by atoms with Crippen molar-refractivity contribution >= 4 is 6.29 Å². The first-order valence-corrected chi connectivity index (χ1v) is 5.63. The van der Waals surface area contributed by atoms with Crippen LogP contribution in [0.25, 0.3) is 0 Å². The van der Waals surface area contributed by atoms with Crippen molar-refractivity contribution in [3.05, 3.63) is 33.2 Å². The van der Waals surface area contributed by atoms with Crippen LogP contribution in [0.3, 0.4) is 0 Å². The van der Waals surface area contributed by atoms with Crippen LogP contribution in [0, 0.1) is 19.8 Å². The van der Waals surface area contributed by atoms with E-state index >= 15 is 0 Å². The number of rotatable bonds is 4. The zero-order valence-electron chi connectivity index (χ0n) is 10.4. The van der Waals surface area contributed by atoms with E-state index < -0.39 is 0 Å². The maximum Gasteiger partial charge on any atom is 0.261 e. The minimum absolute atomic E-state index is 0.159. The second-order valence-electron chi connectivity index (χ2n) is 4.64. The van der Waals surface area contributed by atoms with E-state index in [-0.39, 0.29) is 11.1 Å². The molecular weight excluding hydrogens is 202 g/mol. The van der Waals surface area contributed by atoms with Crippen molar-refractivity contribution < 1.29 is 4.79 Å². The molecule has 0 amide bonds. The van der Waals surface area contributed by atoms with Crippen molar-refractivity contribution in [3.8, 4) is 0 Å². The second-order valence-corrected chi connectivity index (χ2v) is 4.64. The van der Waals surface area contributed by atoms with Crippen molar-refractivity contribution in [2.24, 2.45) is 5.92 Å². The molecule has 0 aliphatic rings. The minimum Gasteiger partial charge on any atom is -0.312 e. The van der Waals surface area contributed by atoms with Crippen molar-refractivity contribution in [1.82, 2.24) is 4.57 Å². The molecule has 88 valence electrons. The van der Waals surface area contributed by atoms with Gasteiger partial charge in [0.2, 0.25) is 0 Å². The zero-order valence-corrected chi connectivity index (χ0v) is 10.4. The van der Waals surface area contributed by atoms with Crippen LogP contribution < -0.4 is 5.56 Å². The van der Waals surface area contributed by atoms with Gasteiger partial charge in [0, 0.05) is 12.2 Å². The molecule has 0 saturated heterocycles. The predicted molar refractivity (Wildman–Crippen MR) is 65.0 cm³/mol. The Morgan fingerprint density at radius 2 is 2.00 bits per heavy atom. The Morgan fingerprint density at radius 1 is 1.38 bits per heavy atom. The lowest BCUT2D eigenvalue weighted by Gasteiger charge is -2.13. The van der Waals surface area contributed by atoms with E-state index in [0.717, 1.165) is 17.7 Å². The summed E-state index contributed by atoms with van der Waals surface area (Å²) in [6.07, 6.45) is 1.60. The van der Waals surface area contributed by atoms with Crippen LogP contribution in [0.2, 0.25) is 0 Å². The van der Waals surface area contributed by atoms with Crippen LogP contribution in [0.4, 0.5) is 0 Å². The molecule has 1 aromatic heterocycles. The fraction of sp³-hybridized carbons (Fsp3) is 0.538. The van der Waals surface area contributed by atoms with Crippen molar-refractivity contribution in [3.63, 3.8) is 0 Å². The predicted octanol–water partition coefficient (Wildman–Crippen LogP) is 2.32. The van der Waals surface area contributed by atoms with Gasteiger partial charge in [-0.2, -0.15) is 0 Å². The molecule has 1 rings (SSSR count). The van der Waals surface area contributed by atoms with E-state index in [1.54, 1.807) is 11.5 Å². The lowest BCUT2D eigenvalue weighted by Crippen LogP contribution is -2.27. The average Bonchev–Trinajstić information content (AvgIpc) is 2.16. The van der Waals surface area contributed by atoms with Gasteiger partial charge in [-0.1, -0.05) is 13.8 Å². The lowest BCUT2D eigenvalue weighted by molar-refractivity contribution is 0.112. The van der Waals surface area contributed by atoms with E-state index in [1.807, 2.05) is 13.0 Å². The van der Waals surface area contributed by atoms with Crippen LogP contribution in [-0.2, 0) is 6.54 Å². The maximum absolute atomic E-state index is 12.0. The molecule has 3 heteroatoms. The van der Waals surface area contributed by atoms with Crippen LogP contribution in [0.15, 0.2) is 10.9 Å². The standard InChI is InChI=1S/C13H19NO2/c1-9(2)5-6-14-11(4)7-10(3)12(8-15)13(14)16/h7-9H,5-6H2,1-4H3. The first kappa shape index (κ1) is 12.7. The van der Waals surface area contributed by atoms with Crippen LogP contribution >= 0.6 is 0 Å². The van der Waals surface area contributed by atoms with Crippen molar-refractivity contribution in [2.45, 2.75) is 40.7 Å². The Balaban J connectivity index is 3.18. The number of carbonyl (C=O) groups excluding carboxylic acids is 1. The highest BCUT2D eigenvalue weighted by atomic mass is 16.1. The SMILES string of the molecule is Cc1cc(C)n(CCC(C)C)c(=O)c1C=O. The number of pyridine rings is 1. The van der Waals surface area contributed by atoms with Gasteiger partial charge in [-0.05, 0) is 37.8 Å². The molecule has 0 saturated carbocycles. The van der Waals surface area contributed by atoms with Crippen molar-refractivity contribution in [1.29, 1.82) is 0 Å². The van der Waals surface area contributed by atoms with Gasteiger partial charge in [0.1, 0.15) is 0 Å². The summed E-state index contributed by atoms with van der Waals surface area (Å²) in [4.78, 5) is 22.8. The smallest absolute Gasteiger partial charge is 0.261 e. The monoisotopic (exact) mass is 221 g/mol. The molecule has 3 nitrogen and oxygen atoms in total. The summed E-state index contributed by atoms with van der Waals surface area (Å²) < 4.78 is 1.69. The highest BCUT2D eigenvalue weighted by molar-refractivity contribution is 5.76. The fourth-order valence-corrected chi connectivity index (χ4v) is 1.75. The van der Waals surface area contributed by atoms with Gasteiger partial charge in [-0.15, -0.1) is 0 Å². The first-order chi connectivity index (χ1) is 7.47. The van der Waals surface area contributed by atoms with E-state index in [2.05, 4.69) is 13.8 Å². The van der Waals surface area contributed by atoms with Gasteiger partial charge in [-0.3, -0.25) is 9.59 Å². The number of hydrogen-bond acceptors (Lipinski definition) is 2. The molecule has 1 aromatic rings. The van der Waals surface area contributed by atoms with Crippen LogP contribution in [-0.4, -0.2) is 10.9 Å². The highest BCUT2D eigenvalue weighted by Crippen LogP contribution is 2.07. The third-order valence-electron chi connectivity index (χ3n) is 2.80. The van der Waals surface area contributed by atoms with E-state index in [9.17, 15) is 9.59 Å². The molecule has 0 fully saturated rings. The molecule has 1 heterocycles. The van der Waals surface area contributed by atoms with E-state index in [4.69, 9.17) is 0 Å². The normalized spacial score (nSPS) is 10.8. The van der Waals surface area contributed by atoms with Crippen molar-refractivity contribution in [2.75, 3.05) is 0 Å². The number of carbonyl (C=O) groups is 1. The van der Waals surface area contributed by atoms with Gasteiger partial charge in [-0.25, -0.2) is 0 Å². The van der Waals surface area contributed by atoms with E-state index in [0.29, 0.717) is 18.7 Å². The molecular formula is C13H19NO2. The van der Waals surface area contributed by atoms with Gasteiger partial charge >= 0.3 is 0 Å². The van der Waals surface area contributed by atoms with Gasteiger partial charge in [0.05, 0.1) is 5.56 Å². The maximum atomic E-state index is 12.0. The highest BCUT2D eigenvalue weighted by Gasteiger charge is 2.09. The molecule has 0 N–H and O–H groups in total. The van der Waals surface area contributed by atoms with Crippen LogP contribution in [0.1, 0.15) is 41.9 Å². The summed E-state index contributed by atoms with van der Waals surface area (Å²) in [7, 11) is 0. The fourth-order valence-electron chi connectivity index (χ4n) is 1.75. The number of hydrogen-bond donors (Lipinski definition) is 0. The molecule has 0 aliphatic carbocycles. The zero-order chi connectivity index (χ0) is 12.3. The summed E-state index contributed by atoms with van der Waals surface area (Å²) in [6.45, 7) is 8.63. The summed E-state index contributed by atoms with van der Waals surface area (Å²) in [5.74, 6) is 0.548. The minimum atomic E-state index is -0.159. The third-order valence-corrected chi connectivity index (χ3v) is 2.80. The molecule has 16 heavy (non-hydrogen) atoms. The Kier molecular flexibility index (Phi) is 4.05. The second kappa shape index (κ2) is 5.10. The van der Waals surface area contributed by atoms with Gasteiger partial charge in [0.15, 0.2) is 6.29 Å². The molecule has 0 aliphatic heterocycles.